The zero-order valence-corrected chi connectivity index (χ0v) is 9.49. The monoisotopic (exact) mass is 185 g/mol. The molecule has 0 aliphatic heterocycles. The summed E-state index contributed by atoms with van der Waals surface area (Å²) in [4.78, 5) is 0. The molecule has 0 aliphatic carbocycles. The molecule has 1 radical (unpaired) electrons. The van der Waals surface area contributed by atoms with Crippen LogP contribution in [0.4, 0.5) is 0 Å². The lowest BCUT2D eigenvalue weighted by molar-refractivity contribution is 0.993. The van der Waals surface area contributed by atoms with Crippen molar-refractivity contribution < 1.29 is 0 Å². The van der Waals surface area contributed by atoms with Crippen LogP contribution in [0, 0.1) is 40.0 Å². The van der Waals surface area contributed by atoms with Gasteiger partial charge < -0.3 is 0 Å². The summed E-state index contributed by atoms with van der Waals surface area (Å²) in [5.74, 6) is 2.45. The van der Waals surface area contributed by atoms with Gasteiger partial charge in [-0.2, -0.15) is 0 Å². The van der Waals surface area contributed by atoms with E-state index in [0.717, 1.165) is 12.8 Å². The van der Waals surface area contributed by atoms with E-state index in [9.17, 15) is 0 Å². The fourth-order valence-electron chi connectivity index (χ4n) is 1.75. The van der Waals surface area contributed by atoms with Crippen LogP contribution in [0.25, 0.3) is 0 Å². The van der Waals surface area contributed by atoms with Crippen molar-refractivity contribution in [2.75, 3.05) is 0 Å². The Kier molecular flexibility index (Phi) is 3.36. The summed E-state index contributed by atoms with van der Waals surface area (Å²) in [6.07, 6.45) is 8.59. The Morgan fingerprint density at radius 3 is 2.29 bits per heavy atom. The second kappa shape index (κ2) is 4.33. The molecule has 0 spiro atoms. The Hall–Kier alpha value is -1.22. The standard InChI is InChI=1S/C14H17/c1-6-7-8-14-9-10(2)11(3)12(4)13(14)5/h9H,7-8H2,2-5H3. The summed E-state index contributed by atoms with van der Waals surface area (Å²) >= 11 is 0. The fraction of sp³-hybridized carbons (Fsp3) is 0.429. The molecule has 0 heteroatoms. The number of benzene rings is 1. The van der Waals surface area contributed by atoms with Crippen molar-refractivity contribution in [1.82, 2.24) is 0 Å². The average Bonchev–Trinajstić information content (AvgIpc) is 2.18. The maximum Gasteiger partial charge on any atom is 0.0139 e. The summed E-state index contributed by atoms with van der Waals surface area (Å²) in [5, 5.41) is 0. The molecule has 14 heavy (non-hydrogen) atoms. The average molecular weight is 185 g/mol. The molecule has 1 aromatic rings. The molecule has 0 atom stereocenters. The SMILES string of the molecule is [C]#CCCc1cc(C)c(C)c(C)c1C. The molecule has 0 N–H and O–H groups in total. The van der Waals surface area contributed by atoms with Gasteiger partial charge in [0, 0.05) is 6.42 Å². The van der Waals surface area contributed by atoms with E-state index in [0.29, 0.717) is 0 Å². The second-order valence-corrected chi connectivity index (χ2v) is 3.90. The van der Waals surface area contributed by atoms with E-state index in [1.54, 1.807) is 0 Å². The van der Waals surface area contributed by atoms with Gasteiger partial charge in [-0.25, -0.2) is 0 Å². The number of aryl methyl sites for hydroxylation is 2. The first kappa shape index (κ1) is 10.9. The van der Waals surface area contributed by atoms with Crippen LogP contribution >= 0.6 is 0 Å². The zero-order valence-electron chi connectivity index (χ0n) is 9.49. The van der Waals surface area contributed by atoms with Crippen LogP contribution in [0.15, 0.2) is 6.07 Å². The molecule has 0 saturated carbocycles. The van der Waals surface area contributed by atoms with E-state index in [-0.39, 0.29) is 0 Å². The predicted molar refractivity (Wildman–Crippen MR) is 60.8 cm³/mol. The first-order valence-electron chi connectivity index (χ1n) is 5.03. The highest BCUT2D eigenvalue weighted by molar-refractivity contribution is 5.43. The van der Waals surface area contributed by atoms with Crippen LogP contribution in [0.1, 0.15) is 34.2 Å². The highest BCUT2D eigenvalue weighted by Gasteiger charge is 2.05. The lowest BCUT2D eigenvalue weighted by Gasteiger charge is -2.13. The minimum Gasteiger partial charge on any atom is -0.0888 e. The quantitative estimate of drug-likeness (QED) is 0.619. The molecule has 0 fully saturated rings. The lowest BCUT2D eigenvalue weighted by Crippen LogP contribution is -1.97. The molecule has 1 aromatic carbocycles. The third-order valence-electron chi connectivity index (χ3n) is 3.11. The summed E-state index contributed by atoms with van der Waals surface area (Å²) < 4.78 is 0. The second-order valence-electron chi connectivity index (χ2n) is 3.90. The molecular weight excluding hydrogens is 168 g/mol. The summed E-state index contributed by atoms with van der Waals surface area (Å²) in [6.45, 7) is 8.67. The topological polar surface area (TPSA) is 0 Å². The van der Waals surface area contributed by atoms with Gasteiger partial charge in [0.15, 0.2) is 0 Å². The Morgan fingerprint density at radius 1 is 1.07 bits per heavy atom. The molecule has 0 aliphatic rings. The molecular formula is C14H17. The van der Waals surface area contributed by atoms with Crippen molar-refractivity contribution in [1.29, 1.82) is 0 Å². The Bertz CT molecular complexity index is 378. The largest absolute Gasteiger partial charge is 0.0888 e. The molecule has 0 heterocycles. The number of rotatable bonds is 2. The van der Waals surface area contributed by atoms with E-state index in [1.807, 2.05) is 0 Å². The minimum absolute atomic E-state index is 0.725. The third-order valence-corrected chi connectivity index (χ3v) is 3.11. The minimum atomic E-state index is 0.725. The van der Waals surface area contributed by atoms with E-state index >= 15 is 0 Å². The van der Waals surface area contributed by atoms with Crippen LogP contribution < -0.4 is 0 Å². The van der Waals surface area contributed by atoms with Gasteiger partial charge in [-0.3, -0.25) is 0 Å². The van der Waals surface area contributed by atoms with E-state index in [1.165, 1.54) is 27.8 Å². The van der Waals surface area contributed by atoms with Crippen molar-refractivity contribution in [3.63, 3.8) is 0 Å². The molecule has 0 nitrogen and oxygen atoms in total. The summed E-state index contributed by atoms with van der Waals surface area (Å²) in [5.41, 5.74) is 6.89. The maximum absolute atomic E-state index is 6.92. The Labute approximate surface area is 87.4 Å². The van der Waals surface area contributed by atoms with Crippen LogP contribution in [-0.2, 0) is 6.42 Å². The fourth-order valence-corrected chi connectivity index (χ4v) is 1.75. The highest BCUT2D eigenvalue weighted by Crippen LogP contribution is 2.21. The molecule has 0 aromatic heterocycles. The van der Waals surface area contributed by atoms with Crippen molar-refractivity contribution in [3.8, 4) is 5.92 Å². The molecule has 0 bridgehead atoms. The zero-order chi connectivity index (χ0) is 10.7. The first-order valence-corrected chi connectivity index (χ1v) is 5.03. The van der Waals surface area contributed by atoms with Gasteiger partial charge in [0.2, 0.25) is 0 Å². The Morgan fingerprint density at radius 2 is 1.71 bits per heavy atom. The van der Waals surface area contributed by atoms with Gasteiger partial charge in [0.05, 0.1) is 0 Å². The molecule has 1 rings (SSSR count). The smallest absolute Gasteiger partial charge is 0.0139 e. The van der Waals surface area contributed by atoms with E-state index in [4.69, 9.17) is 6.42 Å². The Balaban J connectivity index is 3.14. The van der Waals surface area contributed by atoms with Crippen molar-refractivity contribution in [2.24, 2.45) is 0 Å². The lowest BCUT2D eigenvalue weighted by atomic mass is 9.92. The summed E-state index contributed by atoms with van der Waals surface area (Å²) in [7, 11) is 0. The van der Waals surface area contributed by atoms with Gasteiger partial charge in [0.25, 0.3) is 0 Å². The third kappa shape index (κ3) is 1.99. The normalized spacial score (nSPS) is 9.93. The first-order chi connectivity index (χ1) is 6.57. The van der Waals surface area contributed by atoms with Gasteiger partial charge in [-0.05, 0) is 68.4 Å². The molecule has 0 amide bonds. The van der Waals surface area contributed by atoms with Crippen molar-refractivity contribution >= 4 is 0 Å². The molecule has 0 saturated heterocycles. The van der Waals surface area contributed by atoms with Gasteiger partial charge >= 0.3 is 0 Å². The maximum atomic E-state index is 6.92. The van der Waals surface area contributed by atoms with E-state index < -0.39 is 0 Å². The van der Waals surface area contributed by atoms with Crippen molar-refractivity contribution in [2.45, 2.75) is 40.5 Å². The van der Waals surface area contributed by atoms with Gasteiger partial charge in [-0.1, -0.05) is 12.0 Å². The van der Waals surface area contributed by atoms with Crippen LogP contribution in [0.3, 0.4) is 0 Å². The molecule has 73 valence electrons. The van der Waals surface area contributed by atoms with E-state index in [2.05, 4.69) is 39.7 Å². The van der Waals surface area contributed by atoms with Crippen LogP contribution in [-0.4, -0.2) is 0 Å². The van der Waals surface area contributed by atoms with Gasteiger partial charge in [0.1, 0.15) is 0 Å². The number of hydrogen-bond donors (Lipinski definition) is 0. The highest BCUT2D eigenvalue weighted by atomic mass is 14.1. The summed E-state index contributed by atoms with van der Waals surface area (Å²) in [6, 6.07) is 2.25. The number of hydrogen-bond acceptors (Lipinski definition) is 0. The van der Waals surface area contributed by atoms with Gasteiger partial charge in [-0.15, -0.1) is 0 Å². The predicted octanol–water partition coefficient (Wildman–Crippen LogP) is 3.44. The molecule has 0 unspecified atom stereocenters. The van der Waals surface area contributed by atoms with Crippen molar-refractivity contribution in [3.05, 3.63) is 40.3 Å². The van der Waals surface area contributed by atoms with Crippen LogP contribution in [0.5, 0.6) is 0 Å². The van der Waals surface area contributed by atoms with Crippen LogP contribution in [0.2, 0.25) is 0 Å².